The second-order valence-electron chi connectivity index (χ2n) is 4.90. The molecule has 6 heteroatoms. The minimum absolute atomic E-state index is 0.715. The van der Waals surface area contributed by atoms with E-state index in [4.69, 9.17) is 4.42 Å². The fraction of sp³-hybridized carbons (Fsp3) is 0.615. The lowest BCUT2D eigenvalue weighted by atomic mass is 10.2. The topological polar surface area (TPSA) is 56.7 Å². The zero-order valence-electron chi connectivity index (χ0n) is 11.3. The van der Waals surface area contributed by atoms with Gasteiger partial charge >= 0.3 is 0 Å². The number of hydrogen-bond acceptors (Lipinski definition) is 5. The molecule has 0 aliphatic carbocycles. The van der Waals surface area contributed by atoms with Crippen LogP contribution in [-0.2, 0) is 18.7 Å². The van der Waals surface area contributed by atoms with Crippen molar-refractivity contribution in [2.24, 2.45) is 0 Å². The van der Waals surface area contributed by atoms with Crippen molar-refractivity contribution in [1.29, 1.82) is 0 Å². The van der Waals surface area contributed by atoms with E-state index in [-0.39, 0.29) is 0 Å². The molecule has 2 aromatic rings. The van der Waals surface area contributed by atoms with Crippen molar-refractivity contribution in [3.63, 3.8) is 0 Å². The molecule has 2 aromatic heterocycles. The summed E-state index contributed by atoms with van der Waals surface area (Å²) < 4.78 is 7.84. The molecule has 0 saturated heterocycles. The Morgan fingerprint density at radius 1 is 1.21 bits per heavy atom. The summed E-state index contributed by atoms with van der Waals surface area (Å²) in [6, 6.07) is 0. The maximum absolute atomic E-state index is 5.59. The molecular formula is C13H18N4OS. The van der Waals surface area contributed by atoms with Gasteiger partial charge in [-0.15, -0.1) is 10.2 Å². The molecule has 0 radical (unpaired) electrons. The molecule has 0 atom stereocenters. The van der Waals surface area contributed by atoms with Crippen LogP contribution in [0.5, 0.6) is 0 Å². The first-order valence-corrected chi connectivity index (χ1v) is 7.70. The van der Waals surface area contributed by atoms with Crippen LogP contribution in [0.1, 0.15) is 42.4 Å². The van der Waals surface area contributed by atoms with Gasteiger partial charge in [0.2, 0.25) is 5.89 Å². The van der Waals surface area contributed by atoms with Crippen LogP contribution in [0.3, 0.4) is 0 Å². The van der Waals surface area contributed by atoms with E-state index in [1.165, 1.54) is 19.3 Å². The van der Waals surface area contributed by atoms with Gasteiger partial charge in [0.05, 0.1) is 11.4 Å². The highest BCUT2D eigenvalue weighted by Gasteiger charge is 2.16. The average molecular weight is 278 g/mol. The van der Waals surface area contributed by atoms with Crippen molar-refractivity contribution in [2.75, 3.05) is 0 Å². The SMILES string of the molecule is Cc1nc(CSc2nnc3n2CCCCC3)oc1C. The summed E-state index contributed by atoms with van der Waals surface area (Å²) in [4.78, 5) is 4.40. The number of aromatic nitrogens is 4. The summed E-state index contributed by atoms with van der Waals surface area (Å²) >= 11 is 1.66. The largest absolute Gasteiger partial charge is 0.445 e. The zero-order valence-corrected chi connectivity index (χ0v) is 12.2. The molecule has 102 valence electrons. The third-order valence-electron chi connectivity index (χ3n) is 3.47. The average Bonchev–Trinajstić information content (AvgIpc) is 2.82. The van der Waals surface area contributed by atoms with Crippen LogP contribution in [0.15, 0.2) is 9.57 Å². The van der Waals surface area contributed by atoms with Crippen LogP contribution in [0.4, 0.5) is 0 Å². The highest BCUT2D eigenvalue weighted by atomic mass is 32.2. The van der Waals surface area contributed by atoms with Crippen LogP contribution in [0.2, 0.25) is 0 Å². The number of nitrogens with zero attached hydrogens (tertiary/aromatic N) is 4. The number of aryl methyl sites for hydroxylation is 3. The van der Waals surface area contributed by atoms with E-state index in [2.05, 4.69) is 19.7 Å². The van der Waals surface area contributed by atoms with Crippen molar-refractivity contribution in [1.82, 2.24) is 19.7 Å². The fourth-order valence-electron chi connectivity index (χ4n) is 2.29. The first-order valence-electron chi connectivity index (χ1n) is 6.72. The fourth-order valence-corrected chi connectivity index (χ4v) is 3.12. The minimum Gasteiger partial charge on any atom is -0.445 e. The minimum atomic E-state index is 0.715. The summed E-state index contributed by atoms with van der Waals surface area (Å²) in [5.41, 5.74) is 0.968. The summed E-state index contributed by atoms with van der Waals surface area (Å²) in [5, 5.41) is 9.57. The van der Waals surface area contributed by atoms with Crippen molar-refractivity contribution in [3.8, 4) is 0 Å². The molecule has 19 heavy (non-hydrogen) atoms. The van der Waals surface area contributed by atoms with Crippen LogP contribution in [0.25, 0.3) is 0 Å². The van der Waals surface area contributed by atoms with Gasteiger partial charge in [-0.1, -0.05) is 18.2 Å². The van der Waals surface area contributed by atoms with Gasteiger partial charge in [0, 0.05) is 13.0 Å². The van der Waals surface area contributed by atoms with Gasteiger partial charge in [-0.25, -0.2) is 4.98 Å². The molecule has 0 unspecified atom stereocenters. The van der Waals surface area contributed by atoms with Crippen molar-refractivity contribution in [2.45, 2.75) is 57.0 Å². The van der Waals surface area contributed by atoms with Crippen molar-refractivity contribution < 1.29 is 4.42 Å². The van der Waals surface area contributed by atoms with E-state index >= 15 is 0 Å². The standard InChI is InChI=1S/C13H18N4OS/c1-9-10(2)18-12(14-9)8-19-13-16-15-11-6-4-3-5-7-17(11)13/h3-8H2,1-2H3. The van der Waals surface area contributed by atoms with E-state index in [1.54, 1.807) is 11.8 Å². The van der Waals surface area contributed by atoms with Gasteiger partial charge in [0.15, 0.2) is 5.16 Å². The second-order valence-corrected chi connectivity index (χ2v) is 5.84. The monoisotopic (exact) mass is 278 g/mol. The third kappa shape index (κ3) is 2.68. The Morgan fingerprint density at radius 2 is 2.11 bits per heavy atom. The van der Waals surface area contributed by atoms with Crippen LogP contribution in [-0.4, -0.2) is 19.7 Å². The van der Waals surface area contributed by atoms with Crippen LogP contribution < -0.4 is 0 Å². The van der Waals surface area contributed by atoms with Gasteiger partial charge in [-0.05, 0) is 26.7 Å². The maximum Gasteiger partial charge on any atom is 0.205 e. The van der Waals surface area contributed by atoms with Gasteiger partial charge in [0.1, 0.15) is 11.6 Å². The third-order valence-corrected chi connectivity index (χ3v) is 4.42. The summed E-state index contributed by atoms with van der Waals surface area (Å²) in [7, 11) is 0. The van der Waals surface area contributed by atoms with E-state index in [1.807, 2.05) is 13.8 Å². The molecule has 0 aromatic carbocycles. The quantitative estimate of drug-likeness (QED) is 0.808. The Labute approximate surface area is 116 Å². The van der Waals surface area contributed by atoms with Crippen molar-refractivity contribution in [3.05, 3.63) is 23.2 Å². The maximum atomic E-state index is 5.59. The van der Waals surface area contributed by atoms with Gasteiger partial charge < -0.3 is 8.98 Å². The normalized spacial score (nSPS) is 15.3. The molecule has 3 heterocycles. The van der Waals surface area contributed by atoms with Crippen LogP contribution >= 0.6 is 11.8 Å². The molecule has 1 aliphatic heterocycles. The molecular weight excluding hydrogens is 260 g/mol. The molecule has 0 saturated carbocycles. The highest BCUT2D eigenvalue weighted by Crippen LogP contribution is 2.25. The molecule has 0 bridgehead atoms. The van der Waals surface area contributed by atoms with E-state index in [9.17, 15) is 0 Å². The molecule has 0 N–H and O–H groups in total. The lowest BCUT2D eigenvalue weighted by Crippen LogP contribution is -2.02. The molecule has 5 nitrogen and oxygen atoms in total. The predicted molar refractivity (Wildman–Crippen MR) is 73.1 cm³/mol. The Bertz CT molecular complexity index is 556. The second kappa shape index (κ2) is 5.36. The number of hydrogen-bond donors (Lipinski definition) is 0. The Morgan fingerprint density at radius 3 is 2.89 bits per heavy atom. The van der Waals surface area contributed by atoms with Crippen molar-refractivity contribution >= 4 is 11.8 Å². The Kier molecular flexibility index (Phi) is 3.59. The first-order chi connectivity index (χ1) is 9.24. The number of rotatable bonds is 3. The Balaban J connectivity index is 1.71. The predicted octanol–water partition coefficient (Wildman–Crippen LogP) is 2.90. The van der Waals surface area contributed by atoms with Gasteiger partial charge in [-0.2, -0.15) is 0 Å². The number of fused-ring (bicyclic) bond motifs is 1. The van der Waals surface area contributed by atoms with E-state index < -0.39 is 0 Å². The highest BCUT2D eigenvalue weighted by molar-refractivity contribution is 7.98. The van der Waals surface area contributed by atoms with Crippen LogP contribution in [0, 0.1) is 13.8 Å². The molecule has 0 amide bonds. The lowest BCUT2D eigenvalue weighted by Gasteiger charge is -2.04. The molecule has 1 aliphatic rings. The summed E-state index contributed by atoms with van der Waals surface area (Å²) in [5.74, 6) is 3.51. The van der Waals surface area contributed by atoms with E-state index in [0.717, 1.165) is 41.3 Å². The first kappa shape index (κ1) is 12.7. The van der Waals surface area contributed by atoms with Gasteiger partial charge in [-0.3, -0.25) is 0 Å². The zero-order chi connectivity index (χ0) is 13.2. The molecule has 0 spiro atoms. The van der Waals surface area contributed by atoms with Gasteiger partial charge in [0.25, 0.3) is 0 Å². The Hall–Kier alpha value is -1.30. The summed E-state index contributed by atoms with van der Waals surface area (Å²) in [6.45, 7) is 4.95. The number of oxazole rings is 1. The number of thioether (sulfide) groups is 1. The lowest BCUT2D eigenvalue weighted by molar-refractivity contribution is 0.489. The summed E-state index contributed by atoms with van der Waals surface area (Å²) in [6.07, 6.45) is 4.77. The van der Waals surface area contributed by atoms with E-state index in [0.29, 0.717) is 5.75 Å². The molecule has 0 fully saturated rings. The molecule has 3 rings (SSSR count). The smallest absolute Gasteiger partial charge is 0.205 e.